The zero-order valence-corrected chi connectivity index (χ0v) is 11.1. The molecule has 2 N–H and O–H groups in total. The highest BCUT2D eigenvalue weighted by Gasteiger charge is 2.01. The van der Waals surface area contributed by atoms with Gasteiger partial charge >= 0.3 is 0 Å². The van der Waals surface area contributed by atoms with Gasteiger partial charge in [0.15, 0.2) is 5.69 Å². The smallest absolute Gasteiger partial charge is 0.271 e. The first-order valence-corrected chi connectivity index (χ1v) is 5.66. The molecule has 0 saturated carbocycles. The Morgan fingerprint density at radius 2 is 1.70 bits per heavy atom. The van der Waals surface area contributed by atoms with E-state index in [1.54, 1.807) is 26.2 Å². The number of rotatable bonds is 2. The Hall–Kier alpha value is -2.90. The van der Waals surface area contributed by atoms with Gasteiger partial charge in [-0.25, -0.2) is 9.97 Å². The van der Waals surface area contributed by atoms with Gasteiger partial charge < -0.3 is 10.6 Å². The molecule has 0 bridgehead atoms. The van der Waals surface area contributed by atoms with Crippen LogP contribution in [0.4, 0.5) is 0 Å². The van der Waals surface area contributed by atoms with E-state index >= 15 is 0 Å². The van der Waals surface area contributed by atoms with E-state index in [2.05, 4.69) is 30.8 Å². The predicted molar refractivity (Wildman–Crippen MR) is 70.8 cm³/mol. The van der Waals surface area contributed by atoms with Crippen LogP contribution in [0.25, 0.3) is 0 Å². The summed E-state index contributed by atoms with van der Waals surface area (Å²) < 4.78 is 0. The lowest BCUT2D eigenvalue weighted by Crippen LogP contribution is -2.19. The maximum Gasteiger partial charge on any atom is 0.271 e. The molecule has 0 radical (unpaired) electrons. The second kappa shape index (κ2) is 8.25. The third kappa shape index (κ3) is 4.77. The summed E-state index contributed by atoms with van der Waals surface area (Å²) >= 11 is 0. The molecule has 0 fully saturated rings. The first-order valence-electron chi connectivity index (χ1n) is 5.66. The fourth-order valence-electron chi connectivity index (χ4n) is 1.11. The van der Waals surface area contributed by atoms with Gasteiger partial charge in [-0.3, -0.25) is 9.59 Å². The third-order valence-corrected chi connectivity index (χ3v) is 2.08. The summed E-state index contributed by atoms with van der Waals surface area (Å²) in [5.74, 6) is -0.381. The van der Waals surface area contributed by atoms with Crippen molar-refractivity contribution in [2.24, 2.45) is 0 Å². The number of nitrogens with zero attached hydrogens (tertiary/aromatic N) is 4. The molecule has 2 rings (SSSR count). The van der Waals surface area contributed by atoms with Crippen molar-refractivity contribution in [2.75, 3.05) is 14.1 Å². The van der Waals surface area contributed by atoms with Gasteiger partial charge in [0.25, 0.3) is 11.8 Å². The molecule has 104 valence electrons. The van der Waals surface area contributed by atoms with Crippen LogP contribution in [0.5, 0.6) is 0 Å². The van der Waals surface area contributed by atoms with Crippen molar-refractivity contribution in [3.05, 3.63) is 48.3 Å². The normalized spacial score (nSPS) is 8.90. The largest absolute Gasteiger partial charge is 0.355 e. The van der Waals surface area contributed by atoms with Gasteiger partial charge in [-0.05, 0) is 12.1 Å². The predicted octanol–water partition coefficient (Wildman–Crippen LogP) is -0.328. The Morgan fingerprint density at radius 3 is 2.20 bits per heavy atom. The lowest BCUT2D eigenvalue weighted by molar-refractivity contribution is 0.0951. The minimum Gasteiger partial charge on any atom is -0.355 e. The highest BCUT2D eigenvalue weighted by Crippen LogP contribution is 1.90. The molecule has 0 aliphatic rings. The molecule has 2 heterocycles. The number of amides is 2. The van der Waals surface area contributed by atoms with Gasteiger partial charge in [0.05, 0.1) is 5.56 Å². The van der Waals surface area contributed by atoms with Crippen LogP contribution in [0.3, 0.4) is 0 Å². The Morgan fingerprint density at radius 1 is 1.05 bits per heavy atom. The van der Waals surface area contributed by atoms with E-state index in [-0.39, 0.29) is 11.8 Å². The number of carbonyl (C=O) groups excluding carboxylic acids is 2. The van der Waals surface area contributed by atoms with Gasteiger partial charge in [-0.1, -0.05) is 0 Å². The number of aromatic nitrogens is 4. The lowest BCUT2D eigenvalue weighted by atomic mass is 10.3. The van der Waals surface area contributed by atoms with Crippen LogP contribution < -0.4 is 10.6 Å². The summed E-state index contributed by atoms with van der Waals surface area (Å²) in [6.45, 7) is 0. The van der Waals surface area contributed by atoms with Gasteiger partial charge in [-0.2, -0.15) is 5.10 Å². The topological polar surface area (TPSA) is 110 Å². The fourth-order valence-corrected chi connectivity index (χ4v) is 1.11. The van der Waals surface area contributed by atoms with Crippen molar-refractivity contribution < 1.29 is 9.59 Å². The van der Waals surface area contributed by atoms with Gasteiger partial charge in [0.1, 0.15) is 6.33 Å². The highest BCUT2D eigenvalue weighted by molar-refractivity contribution is 5.93. The summed E-state index contributed by atoms with van der Waals surface area (Å²) in [5, 5.41) is 12.0. The molecule has 2 amide bonds. The average molecular weight is 274 g/mol. The van der Waals surface area contributed by atoms with Crippen LogP contribution >= 0.6 is 0 Å². The quantitative estimate of drug-likeness (QED) is 0.776. The maximum atomic E-state index is 10.8. The number of nitrogens with one attached hydrogen (secondary N) is 2. The maximum absolute atomic E-state index is 10.8. The van der Waals surface area contributed by atoms with E-state index in [1.165, 1.54) is 24.9 Å². The van der Waals surface area contributed by atoms with Gasteiger partial charge in [0, 0.05) is 32.7 Å². The number of carbonyl (C=O) groups is 2. The first kappa shape index (κ1) is 15.2. The molecule has 0 aliphatic carbocycles. The molecule has 0 spiro atoms. The Balaban J connectivity index is 0.000000200. The van der Waals surface area contributed by atoms with Crippen molar-refractivity contribution in [3.63, 3.8) is 0 Å². The van der Waals surface area contributed by atoms with Crippen LogP contribution in [0, 0.1) is 0 Å². The molecule has 8 heteroatoms. The van der Waals surface area contributed by atoms with Crippen molar-refractivity contribution in [1.82, 2.24) is 30.8 Å². The van der Waals surface area contributed by atoms with Crippen LogP contribution in [-0.2, 0) is 0 Å². The first-order chi connectivity index (χ1) is 9.69. The fraction of sp³-hybridized carbons (Fsp3) is 0.167. The Labute approximate surface area is 115 Å². The van der Waals surface area contributed by atoms with E-state index in [4.69, 9.17) is 0 Å². The number of hydrogen-bond acceptors (Lipinski definition) is 6. The molecule has 0 aromatic carbocycles. The summed E-state index contributed by atoms with van der Waals surface area (Å²) in [7, 11) is 3.12. The van der Waals surface area contributed by atoms with E-state index in [0.717, 1.165) is 0 Å². The minimum atomic E-state index is -0.215. The van der Waals surface area contributed by atoms with Crippen LogP contribution in [0.2, 0.25) is 0 Å². The molecule has 20 heavy (non-hydrogen) atoms. The molecule has 2 aromatic heterocycles. The SMILES string of the molecule is CNC(=O)c1cccnn1.CNC(=O)c1cncnc1. The number of hydrogen-bond donors (Lipinski definition) is 2. The molecular formula is C12H14N6O2. The van der Waals surface area contributed by atoms with E-state index in [9.17, 15) is 9.59 Å². The molecule has 0 atom stereocenters. The van der Waals surface area contributed by atoms with Gasteiger partial charge in [0.2, 0.25) is 0 Å². The monoisotopic (exact) mass is 274 g/mol. The lowest BCUT2D eigenvalue weighted by Gasteiger charge is -1.94. The van der Waals surface area contributed by atoms with E-state index in [0.29, 0.717) is 11.3 Å². The van der Waals surface area contributed by atoms with Crippen molar-refractivity contribution in [1.29, 1.82) is 0 Å². The summed E-state index contributed by atoms with van der Waals surface area (Å²) in [4.78, 5) is 29.0. The van der Waals surface area contributed by atoms with Gasteiger partial charge in [-0.15, -0.1) is 5.10 Å². The Bertz CT molecular complexity index is 495. The molecule has 0 aliphatic heterocycles. The van der Waals surface area contributed by atoms with Crippen molar-refractivity contribution >= 4 is 11.8 Å². The summed E-state index contributed by atoms with van der Waals surface area (Å²) in [6.07, 6.45) is 5.83. The van der Waals surface area contributed by atoms with Crippen molar-refractivity contribution in [3.8, 4) is 0 Å². The molecule has 8 nitrogen and oxygen atoms in total. The Kier molecular flexibility index (Phi) is 6.25. The molecule has 2 aromatic rings. The average Bonchev–Trinajstić information content (AvgIpc) is 2.55. The van der Waals surface area contributed by atoms with Crippen LogP contribution in [0.1, 0.15) is 20.8 Å². The molecule has 0 unspecified atom stereocenters. The van der Waals surface area contributed by atoms with Crippen molar-refractivity contribution in [2.45, 2.75) is 0 Å². The summed E-state index contributed by atoms with van der Waals surface area (Å²) in [5.41, 5.74) is 0.815. The molecule has 0 saturated heterocycles. The second-order valence-electron chi connectivity index (χ2n) is 3.39. The second-order valence-corrected chi connectivity index (χ2v) is 3.39. The van der Waals surface area contributed by atoms with Crippen LogP contribution in [-0.4, -0.2) is 46.1 Å². The summed E-state index contributed by atoms with van der Waals surface area (Å²) in [6, 6.07) is 3.27. The third-order valence-electron chi connectivity index (χ3n) is 2.08. The van der Waals surface area contributed by atoms with Crippen LogP contribution in [0.15, 0.2) is 37.1 Å². The van der Waals surface area contributed by atoms with E-state index < -0.39 is 0 Å². The molecular weight excluding hydrogens is 260 g/mol. The minimum absolute atomic E-state index is 0.166. The standard InChI is InChI=1S/2C6H7N3O/c1-7-6(10)5-2-8-4-9-3-5;1-7-6(10)5-3-2-4-8-9-5/h2*2-4H,1H3,(H,7,10). The zero-order chi connectivity index (χ0) is 14.8. The highest BCUT2D eigenvalue weighted by atomic mass is 16.2. The van der Waals surface area contributed by atoms with E-state index in [1.807, 2.05) is 0 Å². The zero-order valence-electron chi connectivity index (χ0n) is 11.1.